The molecule has 0 N–H and O–H groups in total. The van der Waals surface area contributed by atoms with Crippen LogP contribution in [0.1, 0.15) is 32.2 Å². The van der Waals surface area contributed by atoms with E-state index in [0.717, 1.165) is 22.8 Å². The number of carbonyl (C=O) groups is 1. The molecule has 1 aromatic heterocycles. The minimum atomic E-state index is -1.08. The molecule has 0 unspecified atom stereocenters. The molecule has 0 amide bonds. The summed E-state index contributed by atoms with van der Waals surface area (Å²) in [5, 5.41) is 0. The van der Waals surface area contributed by atoms with Crippen molar-refractivity contribution < 1.29 is 28.2 Å². The Morgan fingerprint density at radius 2 is 1.59 bits per heavy atom. The average Bonchev–Trinajstić information content (AvgIpc) is 3.26. The van der Waals surface area contributed by atoms with Crippen LogP contribution in [0.3, 0.4) is 0 Å². The molecule has 0 saturated carbocycles. The molecule has 0 bridgehead atoms. The van der Waals surface area contributed by atoms with Crippen molar-refractivity contribution in [1.82, 2.24) is 4.98 Å². The SMILES string of the molecule is CCOC(=O)C(C)(C)Oc1ccc(OCCc2nc(-c3cccc(Oc4ccccc4)c3)oc2C)cc1. The molecule has 1 heterocycles. The van der Waals surface area contributed by atoms with Gasteiger partial charge in [-0.05, 0) is 82.3 Å². The minimum Gasteiger partial charge on any atom is -0.493 e. The monoisotopic (exact) mass is 501 g/mol. The molecule has 0 aliphatic rings. The first-order valence-electron chi connectivity index (χ1n) is 12.2. The number of nitrogens with zero attached hydrogens (tertiary/aromatic N) is 1. The van der Waals surface area contributed by atoms with E-state index in [1.807, 2.05) is 61.5 Å². The highest BCUT2D eigenvalue weighted by Crippen LogP contribution is 2.28. The van der Waals surface area contributed by atoms with Gasteiger partial charge in [0.25, 0.3) is 0 Å². The number of hydrogen-bond acceptors (Lipinski definition) is 7. The van der Waals surface area contributed by atoms with E-state index in [2.05, 4.69) is 4.98 Å². The molecule has 0 radical (unpaired) electrons. The summed E-state index contributed by atoms with van der Waals surface area (Å²) in [5.41, 5.74) is 0.596. The van der Waals surface area contributed by atoms with Crippen LogP contribution in [0.4, 0.5) is 0 Å². The first-order valence-corrected chi connectivity index (χ1v) is 12.2. The fraction of sp³-hybridized carbons (Fsp3) is 0.267. The molecule has 0 atom stereocenters. The van der Waals surface area contributed by atoms with Gasteiger partial charge in [0.2, 0.25) is 5.89 Å². The predicted octanol–water partition coefficient (Wildman–Crippen LogP) is 6.78. The fourth-order valence-electron chi connectivity index (χ4n) is 3.61. The predicted molar refractivity (Wildman–Crippen MR) is 140 cm³/mol. The maximum atomic E-state index is 12.0. The highest BCUT2D eigenvalue weighted by Gasteiger charge is 2.31. The Balaban J connectivity index is 1.33. The van der Waals surface area contributed by atoms with Crippen molar-refractivity contribution in [1.29, 1.82) is 0 Å². The minimum absolute atomic E-state index is 0.306. The molecule has 7 nitrogen and oxygen atoms in total. The van der Waals surface area contributed by atoms with Crippen LogP contribution in [0.15, 0.2) is 83.3 Å². The van der Waals surface area contributed by atoms with E-state index in [0.29, 0.717) is 42.8 Å². The molecule has 37 heavy (non-hydrogen) atoms. The summed E-state index contributed by atoms with van der Waals surface area (Å²) in [5.74, 6) is 3.60. The molecule has 0 spiro atoms. The van der Waals surface area contributed by atoms with Gasteiger partial charge in [0.1, 0.15) is 28.8 Å². The van der Waals surface area contributed by atoms with Crippen LogP contribution >= 0.6 is 0 Å². The quantitative estimate of drug-likeness (QED) is 0.209. The van der Waals surface area contributed by atoms with Crippen molar-refractivity contribution in [2.24, 2.45) is 0 Å². The zero-order chi connectivity index (χ0) is 26.3. The molecule has 192 valence electrons. The lowest BCUT2D eigenvalue weighted by atomic mass is 10.1. The maximum absolute atomic E-state index is 12.0. The standard InChI is InChI=1S/C30H31NO6/c1-5-33-29(32)30(3,4)37-25-16-14-23(15-17-25)34-19-18-27-21(2)35-28(31-27)22-10-9-13-26(20-22)36-24-11-7-6-8-12-24/h6-17,20H,5,18-19H2,1-4H3. The summed E-state index contributed by atoms with van der Waals surface area (Å²) in [4.78, 5) is 16.7. The molecule has 0 fully saturated rings. The molecule has 0 saturated heterocycles. The van der Waals surface area contributed by atoms with Crippen molar-refractivity contribution in [2.45, 2.75) is 39.7 Å². The van der Waals surface area contributed by atoms with Gasteiger partial charge in [0.05, 0.1) is 18.9 Å². The van der Waals surface area contributed by atoms with E-state index in [1.54, 1.807) is 45.0 Å². The molecule has 3 aromatic carbocycles. The molecule has 4 aromatic rings. The smallest absolute Gasteiger partial charge is 0.349 e. The summed E-state index contributed by atoms with van der Waals surface area (Å²) >= 11 is 0. The number of rotatable bonds is 11. The van der Waals surface area contributed by atoms with E-state index < -0.39 is 11.6 Å². The zero-order valence-corrected chi connectivity index (χ0v) is 21.5. The van der Waals surface area contributed by atoms with Crippen LogP contribution in [0.5, 0.6) is 23.0 Å². The fourth-order valence-corrected chi connectivity index (χ4v) is 3.61. The van der Waals surface area contributed by atoms with Crippen LogP contribution in [0, 0.1) is 6.92 Å². The number of aromatic nitrogens is 1. The number of ether oxygens (including phenoxy) is 4. The number of carbonyl (C=O) groups excluding carboxylic acids is 1. The van der Waals surface area contributed by atoms with Crippen molar-refractivity contribution >= 4 is 5.97 Å². The Morgan fingerprint density at radius 3 is 2.32 bits per heavy atom. The normalized spacial score (nSPS) is 11.1. The third-order valence-electron chi connectivity index (χ3n) is 5.52. The average molecular weight is 502 g/mol. The Bertz CT molecular complexity index is 1310. The van der Waals surface area contributed by atoms with E-state index in [9.17, 15) is 4.79 Å². The lowest BCUT2D eigenvalue weighted by molar-refractivity contribution is -0.158. The van der Waals surface area contributed by atoms with Crippen LogP contribution in [-0.4, -0.2) is 29.8 Å². The van der Waals surface area contributed by atoms with Gasteiger partial charge in [0, 0.05) is 12.0 Å². The van der Waals surface area contributed by atoms with Gasteiger partial charge in [-0.2, -0.15) is 0 Å². The van der Waals surface area contributed by atoms with Gasteiger partial charge >= 0.3 is 5.97 Å². The Hall–Kier alpha value is -4.26. The van der Waals surface area contributed by atoms with Gasteiger partial charge in [-0.3, -0.25) is 0 Å². The van der Waals surface area contributed by atoms with Gasteiger partial charge in [0.15, 0.2) is 5.60 Å². The molecular formula is C30H31NO6. The molecule has 4 rings (SSSR count). The number of benzene rings is 3. The molecular weight excluding hydrogens is 470 g/mol. The maximum Gasteiger partial charge on any atom is 0.349 e. The Morgan fingerprint density at radius 1 is 0.892 bits per heavy atom. The Kier molecular flexibility index (Phi) is 8.13. The summed E-state index contributed by atoms with van der Waals surface area (Å²) < 4.78 is 28.6. The van der Waals surface area contributed by atoms with E-state index in [-0.39, 0.29) is 0 Å². The lowest BCUT2D eigenvalue weighted by Crippen LogP contribution is -2.39. The van der Waals surface area contributed by atoms with Gasteiger partial charge < -0.3 is 23.4 Å². The Labute approximate surface area is 217 Å². The lowest BCUT2D eigenvalue weighted by Gasteiger charge is -2.24. The first kappa shape index (κ1) is 25.8. The summed E-state index contributed by atoms with van der Waals surface area (Å²) in [6.45, 7) is 7.75. The highest BCUT2D eigenvalue weighted by atomic mass is 16.6. The van der Waals surface area contributed by atoms with Crippen molar-refractivity contribution in [3.63, 3.8) is 0 Å². The number of hydrogen-bond donors (Lipinski definition) is 0. The van der Waals surface area contributed by atoms with Crippen LogP contribution < -0.4 is 14.2 Å². The van der Waals surface area contributed by atoms with Crippen LogP contribution in [0.2, 0.25) is 0 Å². The van der Waals surface area contributed by atoms with Gasteiger partial charge in [-0.15, -0.1) is 0 Å². The van der Waals surface area contributed by atoms with Crippen molar-refractivity contribution in [2.75, 3.05) is 13.2 Å². The number of aryl methyl sites for hydroxylation is 1. The third-order valence-corrected chi connectivity index (χ3v) is 5.52. The number of oxazole rings is 1. The summed E-state index contributed by atoms with van der Waals surface area (Å²) in [7, 11) is 0. The van der Waals surface area contributed by atoms with E-state index >= 15 is 0 Å². The summed E-state index contributed by atoms with van der Waals surface area (Å²) in [6.07, 6.45) is 0.587. The third kappa shape index (κ3) is 6.91. The van der Waals surface area contributed by atoms with Crippen molar-refractivity contribution in [3.8, 4) is 34.5 Å². The largest absolute Gasteiger partial charge is 0.493 e. The first-order chi connectivity index (χ1) is 17.8. The second-order valence-electron chi connectivity index (χ2n) is 8.87. The summed E-state index contributed by atoms with van der Waals surface area (Å²) in [6, 6.07) is 24.4. The number of para-hydroxylation sites is 1. The van der Waals surface area contributed by atoms with E-state index in [4.69, 9.17) is 23.4 Å². The zero-order valence-electron chi connectivity index (χ0n) is 21.5. The second kappa shape index (κ2) is 11.6. The number of esters is 1. The van der Waals surface area contributed by atoms with Crippen LogP contribution in [-0.2, 0) is 16.0 Å². The van der Waals surface area contributed by atoms with E-state index in [1.165, 1.54) is 0 Å². The van der Waals surface area contributed by atoms with Crippen molar-refractivity contribution in [3.05, 3.63) is 90.3 Å². The highest BCUT2D eigenvalue weighted by molar-refractivity contribution is 5.79. The molecule has 7 heteroatoms. The molecule has 0 aliphatic heterocycles. The second-order valence-corrected chi connectivity index (χ2v) is 8.87. The van der Waals surface area contributed by atoms with Gasteiger partial charge in [-0.25, -0.2) is 9.78 Å². The molecule has 0 aliphatic carbocycles. The topological polar surface area (TPSA) is 80.0 Å². The van der Waals surface area contributed by atoms with Crippen LogP contribution in [0.25, 0.3) is 11.5 Å². The van der Waals surface area contributed by atoms with Gasteiger partial charge in [-0.1, -0.05) is 24.3 Å².